The number of carbonyl (C=O) groups is 2. The van der Waals surface area contributed by atoms with Crippen LogP contribution in [0.4, 0.5) is 0 Å². The standard InChI is InChI=1S/C26H31N3O5/c1-18-14-29(19(2)16-30)26(32)22-12-21(11-10-20-8-6-5-7-9-20)13-27-25(22)34-23(18)15-28(3)24(31)17-33-4/h5-9,12-13,18-19,23,30H,14-17H2,1-4H3/t18-,19+,23-/m1/s1. The molecule has 2 amide bonds. The Morgan fingerprint density at radius 1 is 1.32 bits per heavy atom. The minimum absolute atomic E-state index is 0.0258. The first-order chi connectivity index (χ1) is 16.3. The third-order valence-corrected chi connectivity index (χ3v) is 5.79. The molecule has 0 fully saturated rings. The fourth-order valence-corrected chi connectivity index (χ4v) is 3.66. The predicted octanol–water partition coefficient (Wildman–Crippen LogP) is 1.81. The van der Waals surface area contributed by atoms with Crippen LogP contribution >= 0.6 is 0 Å². The fraction of sp³-hybridized carbons (Fsp3) is 0.423. The summed E-state index contributed by atoms with van der Waals surface area (Å²) in [7, 11) is 3.16. The highest BCUT2D eigenvalue weighted by atomic mass is 16.5. The first-order valence-corrected chi connectivity index (χ1v) is 11.2. The number of aromatic nitrogens is 1. The largest absolute Gasteiger partial charge is 0.472 e. The molecule has 0 unspecified atom stereocenters. The number of benzene rings is 1. The Morgan fingerprint density at radius 3 is 2.71 bits per heavy atom. The molecule has 1 aliphatic rings. The summed E-state index contributed by atoms with van der Waals surface area (Å²) in [5, 5.41) is 9.78. The van der Waals surface area contributed by atoms with Gasteiger partial charge in [-0.1, -0.05) is 37.0 Å². The summed E-state index contributed by atoms with van der Waals surface area (Å²) >= 11 is 0. The Labute approximate surface area is 200 Å². The number of pyridine rings is 1. The first kappa shape index (κ1) is 25.2. The number of amides is 2. The molecule has 0 aliphatic carbocycles. The minimum Gasteiger partial charge on any atom is -0.472 e. The van der Waals surface area contributed by atoms with Gasteiger partial charge in [0.1, 0.15) is 18.3 Å². The molecule has 8 nitrogen and oxygen atoms in total. The lowest BCUT2D eigenvalue weighted by atomic mass is 10.00. The Morgan fingerprint density at radius 2 is 2.03 bits per heavy atom. The molecular formula is C26H31N3O5. The van der Waals surface area contributed by atoms with Crippen molar-refractivity contribution in [1.29, 1.82) is 0 Å². The Hall–Kier alpha value is -3.41. The van der Waals surface area contributed by atoms with Crippen LogP contribution in [0.2, 0.25) is 0 Å². The lowest BCUT2D eigenvalue weighted by Crippen LogP contribution is -2.50. The number of likely N-dealkylation sites (N-methyl/N-ethyl adjacent to an activating group) is 1. The fourth-order valence-electron chi connectivity index (χ4n) is 3.66. The number of hydrogen-bond donors (Lipinski definition) is 1. The van der Waals surface area contributed by atoms with Crippen LogP contribution in [0, 0.1) is 17.8 Å². The maximum atomic E-state index is 13.4. The van der Waals surface area contributed by atoms with Crippen LogP contribution in [-0.2, 0) is 9.53 Å². The van der Waals surface area contributed by atoms with Gasteiger partial charge in [0.25, 0.3) is 5.91 Å². The third-order valence-electron chi connectivity index (χ3n) is 5.79. The molecule has 1 N–H and O–H groups in total. The summed E-state index contributed by atoms with van der Waals surface area (Å²) < 4.78 is 11.1. The molecule has 3 rings (SSSR count). The number of rotatable bonds is 6. The second-order valence-electron chi connectivity index (χ2n) is 8.52. The molecule has 1 aliphatic heterocycles. The van der Waals surface area contributed by atoms with Gasteiger partial charge in [-0.25, -0.2) is 4.98 Å². The van der Waals surface area contributed by atoms with Crippen molar-refractivity contribution in [2.75, 3.05) is 40.5 Å². The highest BCUT2D eigenvalue weighted by Crippen LogP contribution is 2.27. The zero-order chi connectivity index (χ0) is 24.7. The van der Waals surface area contributed by atoms with Gasteiger partial charge < -0.3 is 24.4 Å². The van der Waals surface area contributed by atoms with Gasteiger partial charge in [0, 0.05) is 43.9 Å². The molecule has 8 heteroatoms. The normalized spacial score (nSPS) is 18.5. The zero-order valence-electron chi connectivity index (χ0n) is 20.0. The first-order valence-electron chi connectivity index (χ1n) is 11.2. The summed E-state index contributed by atoms with van der Waals surface area (Å²) in [5.74, 6) is 5.74. The van der Waals surface area contributed by atoms with Crippen molar-refractivity contribution in [3.63, 3.8) is 0 Å². The van der Waals surface area contributed by atoms with Gasteiger partial charge in [-0.3, -0.25) is 9.59 Å². The highest BCUT2D eigenvalue weighted by Gasteiger charge is 2.34. The molecule has 1 aromatic heterocycles. The van der Waals surface area contributed by atoms with Gasteiger partial charge in [-0.15, -0.1) is 0 Å². The zero-order valence-corrected chi connectivity index (χ0v) is 20.0. The van der Waals surface area contributed by atoms with Crippen molar-refractivity contribution >= 4 is 11.8 Å². The summed E-state index contributed by atoms with van der Waals surface area (Å²) in [6.45, 7) is 4.21. The van der Waals surface area contributed by atoms with Gasteiger partial charge >= 0.3 is 0 Å². The Bertz CT molecular complexity index is 1060. The molecule has 1 aromatic carbocycles. The van der Waals surface area contributed by atoms with Crippen molar-refractivity contribution < 1.29 is 24.2 Å². The number of aliphatic hydroxyl groups is 1. The summed E-state index contributed by atoms with van der Waals surface area (Å²) in [6.07, 6.45) is 1.16. The molecule has 34 heavy (non-hydrogen) atoms. The maximum absolute atomic E-state index is 13.4. The number of hydrogen-bond acceptors (Lipinski definition) is 6. The van der Waals surface area contributed by atoms with Gasteiger partial charge in [0.15, 0.2) is 0 Å². The highest BCUT2D eigenvalue weighted by molar-refractivity contribution is 5.97. The van der Waals surface area contributed by atoms with Crippen LogP contribution in [0.25, 0.3) is 0 Å². The van der Waals surface area contributed by atoms with E-state index in [1.54, 1.807) is 36.0 Å². The second kappa shape index (κ2) is 11.6. The van der Waals surface area contributed by atoms with Crippen LogP contribution in [0.15, 0.2) is 42.6 Å². The van der Waals surface area contributed by atoms with Crippen LogP contribution in [-0.4, -0.2) is 84.3 Å². The number of fused-ring (bicyclic) bond motifs is 1. The lowest BCUT2D eigenvalue weighted by molar-refractivity contribution is -0.135. The molecule has 0 spiro atoms. The molecule has 180 valence electrons. The Balaban J connectivity index is 1.96. The predicted molar refractivity (Wildman–Crippen MR) is 127 cm³/mol. The van der Waals surface area contributed by atoms with E-state index in [1.165, 1.54) is 7.11 Å². The van der Waals surface area contributed by atoms with E-state index in [9.17, 15) is 14.7 Å². The van der Waals surface area contributed by atoms with Gasteiger partial charge in [0.05, 0.1) is 19.2 Å². The van der Waals surface area contributed by atoms with Crippen molar-refractivity contribution in [3.8, 4) is 17.7 Å². The monoisotopic (exact) mass is 465 g/mol. The number of carbonyl (C=O) groups excluding carboxylic acids is 2. The van der Waals surface area contributed by atoms with E-state index < -0.39 is 12.1 Å². The summed E-state index contributed by atoms with van der Waals surface area (Å²) in [4.78, 5) is 33.3. The van der Waals surface area contributed by atoms with Crippen LogP contribution in [0.3, 0.4) is 0 Å². The second-order valence-corrected chi connectivity index (χ2v) is 8.52. The van der Waals surface area contributed by atoms with E-state index in [1.807, 2.05) is 37.3 Å². The number of aliphatic hydroxyl groups excluding tert-OH is 1. The molecule has 2 aromatic rings. The molecule has 0 saturated heterocycles. The van der Waals surface area contributed by atoms with Crippen molar-refractivity contribution in [3.05, 3.63) is 59.3 Å². The van der Waals surface area contributed by atoms with Crippen LogP contribution < -0.4 is 4.74 Å². The number of methoxy groups -OCH3 is 1. The smallest absolute Gasteiger partial charge is 0.259 e. The molecule has 2 heterocycles. The van der Waals surface area contributed by atoms with Gasteiger partial charge in [0.2, 0.25) is 11.8 Å². The maximum Gasteiger partial charge on any atom is 0.259 e. The number of nitrogens with zero attached hydrogens (tertiary/aromatic N) is 3. The average Bonchev–Trinajstić information content (AvgIpc) is 2.85. The SMILES string of the molecule is COCC(=O)N(C)C[C@H]1Oc2ncc(C#Cc3ccccc3)cc2C(=O)N([C@@H](C)CO)C[C@H]1C. The molecule has 0 radical (unpaired) electrons. The topological polar surface area (TPSA) is 92.2 Å². The quantitative estimate of drug-likeness (QED) is 0.655. The molecular weight excluding hydrogens is 434 g/mol. The average molecular weight is 466 g/mol. The van der Waals surface area contributed by atoms with E-state index in [0.29, 0.717) is 18.7 Å². The molecule has 3 atom stereocenters. The van der Waals surface area contributed by atoms with Crippen molar-refractivity contribution in [1.82, 2.24) is 14.8 Å². The minimum atomic E-state index is -0.417. The van der Waals surface area contributed by atoms with E-state index in [4.69, 9.17) is 9.47 Å². The van der Waals surface area contributed by atoms with Crippen LogP contribution in [0.5, 0.6) is 5.88 Å². The summed E-state index contributed by atoms with van der Waals surface area (Å²) in [6, 6.07) is 10.8. The Kier molecular flexibility index (Phi) is 8.63. The van der Waals surface area contributed by atoms with Gasteiger partial charge in [-0.2, -0.15) is 0 Å². The van der Waals surface area contributed by atoms with E-state index in [0.717, 1.165) is 5.56 Å². The lowest BCUT2D eigenvalue weighted by Gasteiger charge is -2.37. The van der Waals surface area contributed by atoms with Gasteiger partial charge in [-0.05, 0) is 25.1 Å². The van der Waals surface area contributed by atoms with Crippen LogP contribution in [0.1, 0.15) is 35.3 Å². The van der Waals surface area contributed by atoms with Crippen molar-refractivity contribution in [2.45, 2.75) is 26.0 Å². The summed E-state index contributed by atoms with van der Waals surface area (Å²) in [5.41, 5.74) is 1.71. The number of ether oxygens (including phenoxy) is 2. The van der Waals surface area contributed by atoms with Crippen molar-refractivity contribution in [2.24, 2.45) is 5.92 Å². The van der Waals surface area contributed by atoms with E-state index in [2.05, 4.69) is 16.8 Å². The molecule has 0 saturated carbocycles. The third kappa shape index (κ3) is 6.13. The molecule has 0 bridgehead atoms. The van der Waals surface area contributed by atoms with E-state index in [-0.39, 0.29) is 42.4 Å². The van der Waals surface area contributed by atoms with E-state index >= 15 is 0 Å².